The molecule has 1 fully saturated rings. The Hall–Kier alpha value is -2.50. The van der Waals surface area contributed by atoms with Gasteiger partial charge in [0.25, 0.3) is 0 Å². The molecule has 0 aromatic heterocycles. The number of halogens is 2. The van der Waals surface area contributed by atoms with Crippen LogP contribution < -0.4 is 0 Å². The molecule has 1 aromatic rings. The van der Waals surface area contributed by atoms with Crippen molar-refractivity contribution in [3.63, 3.8) is 0 Å². The van der Waals surface area contributed by atoms with Crippen LogP contribution in [0.5, 0.6) is 0 Å². The molecule has 0 aliphatic carbocycles. The molecule has 1 aromatic carbocycles. The number of carboxylic acid groups (broad SMARTS) is 1. The number of amides is 1. The maximum Gasteiger partial charge on any atom is 0.331 e. The number of likely N-dealkylation sites (tertiary alicyclic amines) is 1. The van der Waals surface area contributed by atoms with Gasteiger partial charge < -0.3 is 10.0 Å². The Bertz CT molecular complexity index is 700. The lowest BCUT2D eigenvalue weighted by Gasteiger charge is -2.29. The van der Waals surface area contributed by atoms with Crippen LogP contribution in [-0.4, -0.2) is 27.9 Å². The Labute approximate surface area is 139 Å². The summed E-state index contributed by atoms with van der Waals surface area (Å²) in [6, 6.07) is 2.05. The smallest absolute Gasteiger partial charge is 0.331 e. The Kier molecular flexibility index (Phi) is 5.49. The normalized spacial score (nSPS) is 21.0. The molecule has 1 saturated heterocycles. The van der Waals surface area contributed by atoms with Gasteiger partial charge in [0.15, 0.2) is 0 Å². The summed E-state index contributed by atoms with van der Waals surface area (Å²) in [5.41, 5.74) is 0.216. The summed E-state index contributed by atoms with van der Waals surface area (Å²) in [6.45, 7) is 4.96. The average molecular weight is 335 g/mol. The molecule has 1 amide bonds. The van der Waals surface area contributed by atoms with Gasteiger partial charge in [-0.3, -0.25) is 4.79 Å². The summed E-state index contributed by atoms with van der Waals surface area (Å²) in [6.07, 6.45) is 3.88. The van der Waals surface area contributed by atoms with E-state index in [1.165, 1.54) is 24.0 Å². The standard InChI is InChI=1S/C18H19F2NO3/c1-3-4-17(22)21-13(9-11(2)18(23)24)6-8-16(21)14-10-12(19)5-7-15(14)20/h3,5,7,9-10,13,16H,1,4,6,8H2,2H3,(H,23,24)/t13-,16+/m1/s1. The third-order valence-corrected chi connectivity index (χ3v) is 4.13. The molecule has 1 N–H and O–H groups in total. The van der Waals surface area contributed by atoms with Crippen molar-refractivity contribution >= 4 is 11.9 Å². The first-order chi connectivity index (χ1) is 11.3. The zero-order valence-corrected chi connectivity index (χ0v) is 13.3. The second-order valence-corrected chi connectivity index (χ2v) is 5.77. The second-order valence-electron chi connectivity index (χ2n) is 5.77. The lowest BCUT2D eigenvalue weighted by atomic mass is 10.0. The zero-order chi connectivity index (χ0) is 17.9. The van der Waals surface area contributed by atoms with Crippen molar-refractivity contribution in [2.45, 2.75) is 38.3 Å². The molecule has 0 radical (unpaired) electrons. The van der Waals surface area contributed by atoms with E-state index >= 15 is 0 Å². The van der Waals surface area contributed by atoms with Crippen LogP contribution in [0.15, 0.2) is 42.5 Å². The molecule has 24 heavy (non-hydrogen) atoms. The average Bonchev–Trinajstić information content (AvgIpc) is 2.93. The van der Waals surface area contributed by atoms with Crippen LogP contribution in [0.3, 0.4) is 0 Å². The van der Waals surface area contributed by atoms with Gasteiger partial charge in [-0.25, -0.2) is 13.6 Å². The van der Waals surface area contributed by atoms with Gasteiger partial charge >= 0.3 is 5.97 Å². The van der Waals surface area contributed by atoms with Crippen molar-refractivity contribution in [3.05, 3.63) is 59.7 Å². The molecule has 0 unspecified atom stereocenters. The first-order valence-corrected chi connectivity index (χ1v) is 7.64. The number of carbonyl (C=O) groups excluding carboxylic acids is 1. The highest BCUT2D eigenvalue weighted by Gasteiger charge is 2.37. The largest absolute Gasteiger partial charge is 0.478 e. The molecule has 2 atom stereocenters. The Balaban J connectivity index is 2.42. The van der Waals surface area contributed by atoms with Crippen LogP contribution in [0.1, 0.15) is 37.8 Å². The number of hydrogen-bond acceptors (Lipinski definition) is 2. The van der Waals surface area contributed by atoms with Crippen molar-refractivity contribution in [1.82, 2.24) is 4.90 Å². The fraction of sp³-hybridized carbons (Fsp3) is 0.333. The molecule has 6 heteroatoms. The summed E-state index contributed by atoms with van der Waals surface area (Å²) in [4.78, 5) is 24.9. The van der Waals surface area contributed by atoms with Crippen molar-refractivity contribution in [2.24, 2.45) is 0 Å². The lowest BCUT2D eigenvalue weighted by Crippen LogP contribution is -2.36. The fourth-order valence-corrected chi connectivity index (χ4v) is 3.02. The molecular formula is C18H19F2NO3. The molecule has 1 heterocycles. The van der Waals surface area contributed by atoms with Crippen LogP contribution >= 0.6 is 0 Å². The Morgan fingerprint density at radius 1 is 1.38 bits per heavy atom. The van der Waals surface area contributed by atoms with E-state index in [1.54, 1.807) is 0 Å². The lowest BCUT2D eigenvalue weighted by molar-refractivity contribution is -0.134. The van der Waals surface area contributed by atoms with Gasteiger partial charge in [-0.1, -0.05) is 12.2 Å². The first-order valence-electron chi connectivity index (χ1n) is 7.64. The number of nitrogens with zero attached hydrogens (tertiary/aromatic N) is 1. The summed E-state index contributed by atoms with van der Waals surface area (Å²) in [5.74, 6) is -2.54. The van der Waals surface area contributed by atoms with Crippen LogP contribution in [0.4, 0.5) is 8.78 Å². The van der Waals surface area contributed by atoms with Crippen molar-refractivity contribution in [2.75, 3.05) is 0 Å². The van der Waals surface area contributed by atoms with Crippen LogP contribution in [0.25, 0.3) is 0 Å². The minimum absolute atomic E-state index is 0.0455. The highest BCUT2D eigenvalue weighted by Crippen LogP contribution is 2.38. The minimum Gasteiger partial charge on any atom is -0.478 e. The number of hydrogen-bond donors (Lipinski definition) is 1. The molecule has 0 saturated carbocycles. The van der Waals surface area contributed by atoms with Crippen LogP contribution in [0, 0.1) is 11.6 Å². The van der Waals surface area contributed by atoms with E-state index in [-0.39, 0.29) is 23.5 Å². The van der Waals surface area contributed by atoms with Gasteiger partial charge in [0, 0.05) is 17.6 Å². The molecule has 128 valence electrons. The van der Waals surface area contributed by atoms with Crippen LogP contribution in [-0.2, 0) is 9.59 Å². The molecule has 0 bridgehead atoms. The van der Waals surface area contributed by atoms with Crippen molar-refractivity contribution in [3.8, 4) is 0 Å². The molecule has 1 aliphatic rings. The second kappa shape index (κ2) is 7.38. The van der Waals surface area contributed by atoms with Gasteiger partial charge in [0.2, 0.25) is 5.91 Å². The summed E-state index contributed by atoms with van der Waals surface area (Å²) < 4.78 is 27.6. The molecule has 4 nitrogen and oxygen atoms in total. The van der Waals surface area contributed by atoms with E-state index in [4.69, 9.17) is 5.11 Å². The van der Waals surface area contributed by atoms with E-state index in [9.17, 15) is 18.4 Å². The predicted molar refractivity (Wildman–Crippen MR) is 85.2 cm³/mol. The molecular weight excluding hydrogens is 316 g/mol. The Morgan fingerprint density at radius 2 is 2.08 bits per heavy atom. The number of carboxylic acids is 1. The highest BCUT2D eigenvalue weighted by atomic mass is 19.1. The minimum atomic E-state index is -1.08. The van der Waals surface area contributed by atoms with E-state index in [1.807, 2.05) is 0 Å². The number of carbonyl (C=O) groups is 2. The Morgan fingerprint density at radius 3 is 2.71 bits per heavy atom. The van der Waals surface area contributed by atoms with Gasteiger partial charge in [-0.05, 0) is 38.0 Å². The number of benzene rings is 1. The van der Waals surface area contributed by atoms with Gasteiger partial charge in [0.1, 0.15) is 11.6 Å². The van der Waals surface area contributed by atoms with Gasteiger partial charge in [-0.15, -0.1) is 6.58 Å². The predicted octanol–water partition coefficient (Wildman–Crippen LogP) is 3.60. The molecule has 1 aliphatic heterocycles. The zero-order valence-electron chi connectivity index (χ0n) is 13.3. The number of aliphatic carboxylic acids is 1. The summed E-state index contributed by atoms with van der Waals surface area (Å²) in [7, 11) is 0. The van der Waals surface area contributed by atoms with Crippen molar-refractivity contribution in [1.29, 1.82) is 0 Å². The summed E-state index contributed by atoms with van der Waals surface area (Å²) >= 11 is 0. The van der Waals surface area contributed by atoms with Gasteiger partial charge in [-0.2, -0.15) is 0 Å². The van der Waals surface area contributed by atoms with E-state index in [2.05, 4.69) is 6.58 Å². The van der Waals surface area contributed by atoms with E-state index < -0.39 is 29.7 Å². The van der Waals surface area contributed by atoms with E-state index in [0.717, 1.165) is 18.2 Å². The maximum absolute atomic E-state index is 14.1. The number of rotatable bonds is 5. The SMILES string of the molecule is C=CCC(=O)N1[C@@H](C=C(C)C(=O)O)CC[C@H]1c1cc(F)ccc1F. The summed E-state index contributed by atoms with van der Waals surface area (Å²) in [5, 5.41) is 9.04. The quantitative estimate of drug-likeness (QED) is 0.661. The maximum atomic E-state index is 14.1. The van der Waals surface area contributed by atoms with E-state index in [0.29, 0.717) is 12.8 Å². The third-order valence-electron chi connectivity index (χ3n) is 4.13. The third kappa shape index (κ3) is 3.69. The van der Waals surface area contributed by atoms with Gasteiger partial charge in [0.05, 0.1) is 12.1 Å². The molecule has 2 rings (SSSR count). The van der Waals surface area contributed by atoms with Crippen LogP contribution in [0.2, 0.25) is 0 Å². The fourth-order valence-electron chi connectivity index (χ4n) is 3.02. The van der Waals surface area contributed by atoms with Crippen molar-refractivity contribution < 1.29 is 23.5 Å². The highest BCUT2D eigenvalue weighted by molar-refractivity contribution is 5.86. The monoisotopic (exact) mass is 335 g/mol. The topological polar surface area (TPSA) is 57.6 Å². The molecule has 0 spiro atoms. The first kappa shape index (κ1) is 17.8.